The average molecular weight is 458 g/mol. The largest absolute Gasteiger partial charge is 0.460 e. The van der Waals surface area contributed by atoms with Crippen LogP contribution in [0.5, 0.6) is 0 Å². The number of benzene rings is 1. The fraction of sp³-hybridized carbons (Fsp3) is 0.417. The van der Waals surface area contributed by atoms with Crippen molar-refractivity contribution >= 4 is 34.7 Å². The van der Waals surface area contributed by atoms with Gasteiger partial charge in [0.05, 0.1) is 11.8 Å². The summed E-state index contributed by atoms with van der Waals surface area (Å²) in [5.41, 5.74) is 0.339. The van der Waals surface area contributed by atoms with Gasteiger partial charge in [0.15, 0.2) is 11.5 Å². The normalized spacial score (nSPS) is 12.1. The summed E-state index contributed by atoms with van der Waals surface area (Å²) in [6, 6.07) is 11.1. The summed E-state index contributed by atoms with van der Waals surface area (Å²) in [6.07, 6.45) is -0.255. The van der Waals surface area contributed by atoms with Crippen molar-refractivity contribution in [3.8, 4) is 11.4 Å². The van der Waals surface area contributed by atoms with Crippen molar-refractivity contribution < 1.29 is 19.1 Å². The fourth-order valence-electron chi connectivity index (χ4n) is 3.13. The van der Waals surface area contributed by atoms with Gasteiger partial charge in [-0.15, -0.1) is 0 Å². The molecular weight excluding hydrogens is 430 g/mol. The highest BCUT2D eigenvalue weighted by Gasteiger charge is 2.26. The maximum absolute atomic E-state index is 13.1. The summed E-state index contributed by atoms with van der Waals surface area (Å²) in [6.45, 7) is 10.8. The molecule has 3 aromatic rings. The number of aryl methyl sites for hydroxylation is 1. The Kier molecular flexibility index (Phi) is 6.60. The van der Waals surface area contributed by atoms with Gasteiger partial charge in [0.2, 0.25) is 0 Å². The predicted molar refractivity (Wildman–Crippen MR) is 124 cm³/mol. The van der Waals surface area contributed by atoms with Crippen molar-refractivity contribution in [1.82, 2.24) is 14.5 Å². The average Bonchev–Trinajstić information content (AvgIpc) is 3.03. The van der Waals surface area contributed by atoms with Gasteiger partial charge in [-0.1, -0.05) is 41.9 Å². The lowest BCUT2D eigenvalue weighted by Crippen LogP contribution is -2.28. The van der Waals surface area contributed by atoms with E-state index >= 15 is 0 Å². The molecule has 170 valence electrons. The number of fused-ring (bicyclic) bond motifs is 1. The fourth-order valence-corrected chi connectivity index (χ4v) is 3.35. The van der Waals surface area contributed by atoms with Crippen molar-refractivity contribution in [3.63, 3.8) is 0 Å². The van der Waals surface area contributed by atoms with Crippen molar-refractivity contribution in [2.45, 2.75) is 65.6 Å². The first-order valence-corrected chi connectivity index (χ1v) is 10.8. The third-order valence-electron chi connectivity index (χ3n) is 4.30. The summed E-state index contributed by atoms with van der Waals surface area (Å²) in [7, 11) is 0. The molecule has 8 heteroatoms. The Hall–Kier alpha value is -2.93. The molecule has 0 amide bonds. The second kappa shape index (κ2) is 8.90. The van der Waals surface area contributed by atoms with Crippen LogP contribution in [0.15, 0.2) is 36.4 Å². The van der Waals surface area contributed by atoms with Gasteiger partial charge in [-0.05, 0) is 54.0 Å². The number of hydrogen-bond acceptors (Lipinski definition) is 6. The van der Waals surface area contributed by atoms with Crippen molar-refractivity contribution in [2.75, 3.05) is 0 Å². The minimum atomic E-state index is -0.713. The molecular formula is C24H28ClN3O4. The third kappa shape index (κ3) is 5.85. The molecule has 7 nitrogen and oxygen atoms in total. The van der Waals surface area contributed by atoms with E-state index in [1.54, 1.807) is 26.8 Å². The van der Waals surface area contributed by atoms with Crippen molar-refractivity contribution in [2.24, 2.45) is 0 Å². The Morgan fingerprint density at radius 3 is 2.19 bits per heavy atom. The van der Waals surface area contributed by atoms with Crippen LogP contribution in [-0.2, 0) is 20.7 Å². The zero-order valence-corrected chi connectivity index (χ0v) is 20.0. The van der Waals surface area contributed by atoms with Crippen LogP contribution in [-0.4, -0.2) is 37.8 Å². The molecule has 0 aliphatic heterocycles. The van der Waals surface area contributed by atoms with Crippen LogP contribution >= 0.6 is 11.6 Å². The monoisotopic (exact) mass is 457 g/mol. The molecule has 0 aliphatic rings. The highest BCUT2D eigenvalue weighted by Crippen LogP contribution is 2.29. The molecule has 0 atom stereocenters. The standard InChI is InChI=1S/C24H28ClN3O4/c1-23(2,3)31-18(29)13-12-16-14-17-19(25)26-20(15-10-8-7-9-11-15)27-21(17)28(16)22(30)32-24(4,5)6/h7-11,14H,12-13H2,1-6H3. The summed E-state index contributed by atoms with van der Waals surface area (Å²) in [5, 5.41) is 0.728. The summed E-state index contributed by atoms with van der Waals surface area (Å²) >= 11 is 6.48. The topological polar surface area (TPSA) is 83.3 Å². The zero-order chi connectivity index (χ0) is 23.7. The lowest BCUT2D eigenvalue weighted by molar-refractivity contribution is -0.154. The Bertz CT molecular complexity index is 1140. The Morgan fingerprint density at radius 1 is 0.969 bits per heavy atom. The summed E-state index contributed by atoms with van der Waals surface area (Å²) in [5.74, 6) is 0.0327. The van der Waals surface area contributed by atoms with E-state index in [1.807, 2.05) is 51.1 Å². The van der Waals surface area contributed by atoms with E-state index in [0.717, 1.165) is 5.56 Å². The van der Waals surface area contributed by atoms with Gasteiger partial charge in [-0.25, -0.2) is 19.3 Å². The van der Waals surface area contributed by atoms with Crippen LogP contribution in [0.4, 0.5) is 4.79 Å². The molecule has 2 aromatic heterocycles. The molecule has 0 N–H and O–H groups in total. The summed E-state index contributed by atoms with van der Waals surface area (Å²) < 4.78 is 12.4. The second-order valence-electron chi connectivity index (χ2n) is 9.48. The minimum absolute atomic E-state index is 0.0903. The highest BCUT2D eigenvalue weighted by atomic mass is 35.5. The number of carbonyl (C=O) groups excluding carboxylic acids is 2. The van der Waals surface area contributed by atoms with Gasteiger partial charge < -0.3 is 9.47 Å². The van der Waals surface area contributed by atoms with Crippen LogP contribution in [0.2, 0.25) is 5.15 Å². The third-order valence-corrected chi connectivity index (χ3v) is 4.59. The molecule has 32 heavy (non-hydrogen) atoms. The van der Waals surface area contributed by atoms with E-state index in [9.17, 15) is 9.59 Å². The molecule has 0 radical (unpaired) electrons. The van der Waals surface area contributed by atoms with E-state index in [4.69, 9.17) is 21.1 Å². The van der Waals surface area contributed by atoms with Gasteiger partial charge in [-0.2, -0.15) is 0 Å². The number of halogens is 1. The molecule has 0 unspecified atom stereocenters. The van der Waals surface area contributed by atoms with Crippen molar-refractivity contribution in [3.05, 3.63) is 47.2 Å². The predicted octanol–water partition coefficient (Wildman–Crippen LogP) is 5.81. The van der Waals surface area contributed by atoms with Crippen LogP contribution in [0, 0.1) is 0 Å². The van der Waals surface area contributed by atoms with E-state index in [2.05, 4.69) is 9.97 Å². The molecule has 0 saturated heterocycles. The van der Waals surface area contributed by atoms with Crippen molar-refractivity contribution in [1.29, 1.82) is 0 Å². The number of rotatable bonds is 4. The minimum Gasteiger partial charge on any atom is -0.460 e. The molecule has 3 rings (SSSR count). The van der Waals surface area contributed by atoms with E-state index in [0.29, 0.717) is 22.6 Å². The van der Waals surface area contributed by atoms with E-state index in [-0.39, 0.29) is 24.0 Å². The quantitative estimate of drug-likeness (QED) is 0.363. The van der Waals surface area contributed by atoms with Gasteiger partial charge in [0.1, 0.15) is 16.4 Å². The van der Waals surface area contributed by atoms with Crippen LogP contribution < -0.4 is 0 Å². The van der Waals surface area contributed by atoms with Crippen LogP contribution in [0.1, 0.15) is 53.7 Å². The van der Waals surface area contributed by atoms with Gasteiger partial charge >= 0.3 is 12.1 Å². The maximum Gasteiger partial charge on any atom is 0.420 e. The number of nitrogens with zero attached hydrogens (tertiary/aromatic N) is 3. The molecule has 0 saturated carbocycles. The molecule has 0 bridgehead atoms. The Labute approximate surface area is 192 Å². The summed E-state index contributed by atoms with van der Waals surface area (Å²) in [4.78, 5) is 34.4. The number of carbonyl (C=O) groups is 2. The number of esters is 1. The maximum atomic E-state index is 13.1. The van der Waals surface area contributed by atoms with E-state index in [1.165, 1.54) is 4.57 Å². The van der Waals surface area contributed by atoms with Gasteiger partial charge in [-0.3, -0.25) is 4.79 Å². The van der Waals surface area contributed by atoms with Gasteiger partial charge in [0, 0.05) is 11.3 Å². The van der Waals surface area contributed by atoms with Crippen LogP contribution in [0.3, 0.4) is 0 Å². The molecule has 1 aromatic carbocycles. The highest BCUT2D eigenvalue weighted by molar-refractivity contribution is 6.34. The Balaban J connectivity index is 2.07. The zero-order valence-electron chi connectivity index (χ0n) is 19.2. The smallest absolute Gasteiger partial charge is 0.420 e. The van der Waals surface area contributed by atoms with E-state index < -0.39 is 17.3 Å². The number of ether oxygens (including phenoxy) is 2. The lowest BCUT2D eigenvalue weighted by atomic mass is 10.2. The first-order chi connectivity index (χ1) is 14.8. The Morgan fingerprint density at radius 2 is 1.59 bits per heavy atom. The molecule has 0 spiro atoms. The molecule has 0 aliphatic carbocycles. The second-order valence-corrected chi connectivity index (χ2v) is 9.84. The SMILES string of the molecule is CC(C)(C)OC(=O)CCc1cc2c(Cl)nc(-c3ccccc3)nc2n1C(=O)OC(C)(C)C. The first-order valence-electron chi connectivity index (χ1n) is 10.4. The number of aromatic nitrogens is 3. The number of hydrogen-bond donors (Lipinski definition) is 0. The molecule has 0 fully saturated rings. The molecule has 2 heterocycles. The van der Waals surface area contributed by atoms with Gasteiger partial charge in [0.25, 0.3) is 0 Å². The van der Waals surface area contributed by atoms with Crippen LogP contribution in [0.25, 0.3) is 22.4 Å². The lowest BCUT2D eigenvalue weighted by Gasteiger charge is -2.21. The first kappa shape index (κ1) is 23.7.